The average Bonchev–Trinajstić information content (AvgIpc) is 3.49. The van der Waals surface area contributed by atoms with Crippen LogP contribution in [0.3, 0.4) is 0 Å². The Kier molecular flexibility index (Phi) is 6.34. The molecule has 0 spiro atoms. The molecule has 1 aliphatic carbocycles. The highest BCUT2D eigenvalue weighted by Gasteiger charge is 2.51. The lowest BCUT2D eigenvalue weighted by Crippen LogP contribution is -2.42. The fourth-order valence-electron chi connectivity index (χ4n) is 5.53. The molecule has 3 aliphatic rings. The summed E-state index contributed by atoms with van der Waals surface area (Å²) in [5, 5.41) is 5.34. The summed E-state index contributed by atoms with van der Waals surface area (Å²) in [4.78, 5) is 39.7. The molecular formula is C33H24F3N5O3. The first kappa shape index (κ1) is 27.5. The molecule has 0 unspecified atom stereocenters. The van der Waals surface area contributed by atoms with Crippen LogP contribution in [0, 0.1) is 24.4 Å². The molecule has 2 aliphatic heterocycles. The van der Waals surface area contributed by atoms with Gasteiger partial charge in [0.2, 0.25) is 0 Å². The molecule has 2 amide bonds. The van der Waals surface area contributed by atoms with Crippen molar-refractivity contribution in [2.24, 2.45) is 15.0 Å². The molecule has 3 aromatic carbocycles. The van der Waals surface area contributed by atoms with E-state index < -0.39 is 34.8 Å². The maximum absolute atomic E-state index is 16.4. The summed E-state index contributed by atoms with van der Waals surface area (Å²) in [5.74, 6) is -2.64. The van der Waals surface area contributed by atoms with Gasteiger partial charge in [0, 0.05) is 36.4 Å². The summed E-state index contributed by atoms with van der Waals surface area (Å²) in [7, 11) is 1.40. The number of furan rings is 1. The second-order valence-corrected chi connectivity index (χ2v) is 10.9. The minimum atomic E-state index is -0.828. The molecule has 11 heteroatoms. The number of hydrogen-bond donors (Lipinski definition) is 2. The number of halogens is 3. The number of rotatable bonds is 6. The van der Waals surface area contributed by atoms with Gasteiger partial charge in [-0.1, -0.05) is 0 Å². The summed E-state index contributed by atoms with van der Waals surface area (Å²) >= 11 is 0. The van der Waals surface area contributed by atoms with E-state index in [1.54, 1.807) is 12.4 Å². The molecule has 0 saturated heterocycles. The van der Waals surface area contributed by atoms with Crippen molar-refractivity contribution < 1.29 is 27.2 Å². The molecule has 220 valence electrons. The molecule has 3 heterocycles. The van der Waals surface area contributed by atoms with Crippen LogP contribution in [-0.2, 0) is 0 Å². The van der Waals surface area contributed by atoms with Gasteiger partial charge in [-0.2, -0.15) is 0 Å². The Hall–Kier alpha value is -5.32. The molecule has 4 aromatic rings. The van der Waals surface area contributed by atoms with E-state index in [0.717, 1.165) is 11.8 Å². The Balaban J connectivity index is 1.28. The first-order valence-corrected chi connectivity index (χ1v) is 13.9. The minimum Gasteiger partial charge on any atom is -0.455 e. The molecular weight excluding hydrogens is 571 g/mol. The van der Waals surface area contributed by atoms with E-state index in [0.29, 0.717) is 36.4 Å². The molecule has 8 nitrogen and oxygen atoms in total. The second-order valence-electron chi connectivity index (χ2n) is 10.9. The van der Waals surface area contributed by atoms with E-state index in [4.69, 9.17) is 4.42 Å². The molecule has 0 atom stereocenters. The van der Waals surface area contributed by atoms with E-state index in [1.165, 1.54) is 56.4 Å². The number of allylic oxidation sites excluding steroid dienone is 1. The van der Waals surface area contributed by atoms with Crippen molar-refractivity contribution in [3.63, 3.8) is 0 Å². The van der Waals surface area contributed by atoms with Gasteiger partial charge in [-0.05, 0) is 79.4 Å². The van der Waals surface area contributed by atoms with Crippen molar-refractivity contribution in [2.45, 2.75) is 31.7 Å². The highest BCUT2D eigenvalue weighted by Crippen LogP contribution is 2.42. The number of carbonyl (C=O) groups is 2. The Morgan fingerprint density at radius 1 is 0.955 bits per heavy atom. The summed E-state index contributed by atoms with van der Waals surface area (Å²) in [5.41, 5.74) is 1.25. The fourth-order valence-corrected chi connectivity index (χ4v) is 5.53. The molecule has 1 saturated carbocycles. The van der Waals surface area contributed by atoms with Gasteiger partial charge in [0.05, 0.1) is 22.9 Å². The van der Waals surface area contributed by atoms with Crippen LogP contribution in [0.1, 0.15) is 45.5 Å². The molecule has 7 rings (SSSR count). The van der Waals surface area contributed by atoms with Crippen LogP contribution in [0.25, 0.3) is 33.4 Å². The lowest BCUT2D eigenvalue weighted by molar-refractivity contribution is 0.0940. The maximum atomic E-state index is 16.4. The number of amidine groups is 1. The summed E-state index contributed by atoms with van der Waals surface area (Å²) in [6.45, 7) is 1.48. The Bertz CT molecular complexity index is 2040. The first-order valence-electron chi connectivity index (χ1n) is 13.9. The SMILES string of the molecule is CNC(=O)c1c(-c2ccc(F)cc2)oc2ccc(-c3cc(C(=O)NC4(C5=NC6=CN=CCC6=N5)CC4)cc(F)c3C)c(F)c12. The molecule has 1 fully saturated rings. The average molecular weight is 596 g/mol. The smallest absolute Gasteiger partial charge is 0.255 e. The van der Waals surface area contributed by atoms with E-state index in [9.17, 15) is 14.0 Å². The second kappa shape index (κ2) is 10.1. The predicted octanol–water partition coefficient (Wildman–Crippen LogP) is 6.28. The molecule has 1 aromatic heterocycles. The topological polar surface area (TPSA) is 108 Å². The third-order valence-electron chi connectivity index (χ3n) is 8.13. The predicted molar refractivity (Wildman–Crippen MR) is 161 cm³/mol. The lowest BCUT2D eigenvalue weighted by atomic mass is 9.94. The summed E-state index contributed by atoms with van der Waals surface area (Å²) in [6.07, 6.45) is 5.15. The number of fused-ring (bicyclic) bond motifs is 2. The number of amides is 2. The number of benzene rings is 3. The number of carbonyl (C=O) groups excluding carboxylic acids is 2. The van der Waals surface area contributed by atoms with Crippen molar-refractivity contribution in [3.05, 3.63) is 94.6 Å². The normalized spacial score (nSPS) is 16.2. The van der Waals surface area contributed by atoms with Gasteiger partial charge in [0.15, 0.2) is 5.84 Å². The number of nitrogens with zero attached hydrogens (tertiary/aromatic N) is 3. The third kappa shape index (κ3) is 4.43. The zero-order valence-electron chi connectivity index (χ0n) is 23.6. The maximum Gasteiger partial charge on any atom is 0.255 e. The van der Waals surface area contributed by atoms with Crippen molar-refractivity contribution in [2.75, 3.05) is 7.05 Å². The molecule has 44 heavy (non-hydrogen) atoms. The van der Waals surface area contributed by atoms with E-state index in [2.05, 4.69) is 25.6 Å². The van der Waals surface area contributed by atoms with Crippen LogP contribution < -0.4 is 10.6 Å². The van der Waals surface area contributed by atoms with E-state index in [1.807, 2.05) is 0 Å². The molecule has 2 N–H and O–H groups in total. The van der Waals surface area contributed by atoms with Crippen molar-refractivity contribution in [1.29, 1.82) is 0 Å². The highest BCUT2D eigenvalue weighted by atomic mass is 19.1. The standard InChI is InChI=1S/C33H24F3N5O3/c1-16-21(13-18(14-22(16)35)30(42)41-33(10-11-33)32-39-23-9-12-38-15-24(23)40-32)20-7-8-25-26(28(20)36)27(31(43)37-2)29(44-25)17-3-5-19(34)6-4-17/h3-8,12-15H,9-11H2,1-2H3,(H,37,43)(H,41,42). The molecule has 0 radical (unpaired) electrons. The number of hydrogen-bond acceptors (Lipinski definition) is 6. The van der Waals surface area contributed by atoms with Crippen molar-refractivity contribution in [1.82, 2.24) is 10.6 Å². The van der Waals surface area contributed by atoms with Crippen LogP contribution in [0.5, 0.6) is 0 Å². The van der Waals surface area contributed by atoms with E-state index in [-0.39, 0.29) is 44.5 Å². The van der Waals surface area contributed by atoms with Crippen molar-refractivity contribution in [3.8, 4) is 22.5 Å². The monoisotopic (exact) mass is 595 g/mol. The van der Waals surface area contributed by atoms with Gasteiger partial charge in [0.1, 0.15) is 40.0 Å². The Morgan fingerprint density at radius 3 is 2.43 bits per heavy atom. The van der Waals surface area contributed by atoms with Crippen molar-refractivity contribution >= 4 is 40.5 Å². The number of nitrogens with one attached hydrogen (secondary N) is 2. The van der Waals surface area contributed by atoms with Crippen LogP contribution >= 0.6 is 0 Å². The first-order chi connectivity index (χ1) is 21.2. The van der Waals surface area contributed by atoms with Crippen LogP contribution in [0.2, 0.25) is 0 Å². The van der Waals surface area contributed by atoms with Gasteiger partial charge in [0.25, 0.3) is 11.8 Å². The Morgan fingerprint density at radius 2 is 1.73 bits per heavy atom. The number of aliphatic imine (C=N–C) groups is 3. The fraction of sp³-hybridized carbons (Fsp3) is 0.182. The van der Waals surface area contributed by atoms with E-state index >= 15 is 8.78 Å². The zero-order chi connectivity index (χ0) is 30.7. The lowest BCUT2D eigenvalue weighted by Gasteiger charge is -2.17. The molecule has 0 bridgehead atoms. The van der Waals surface area contributed by atoms with Crippen LogP contribution in [0.15, 0.2) is 79.8 Å². The van der Waals surface area contributed by atoms with Gasteiger partial charge < -0.3 is 15.1 Å². The quantitative estimate of drug-likeness (QED) is 0.274. The van der Waals surface area contributed by atoms with Gasteiger partial charge >= 0.3 is 0 Å². The van der Waals surface area contributed by atoms with Gasteiger partial charge in [-0.3, -0.25) is 14.6 Å². The zero-order valence-corrected chi connectivity index (χ0v) is 23.6. The van der Waals surface area contributed by atoms with Crippen LogP contribution in [0.4, 0.5) is 13.2 Å². The van der Waals surface area contributed by atoms with Crippen LogP contribution in [-0.4, -0.2) is 42.2 Å². The third-order valence-corrected chi connectivity index (χ3v) is 8.13. The Labute approximate surface area is 249 Å². The highest BCUT2D eigenvalue weighted by molar-refractivity contribution is 6.21. The van der Waals surface area contributed by atoms with Gasteiger partial charge in [-0.15, -0.1) is 0 Å². The largest absolute Gasteiger partial charge is 0.455 e. The summed E-state index contributed by atoms with van der Waals surface area (Å²) in [6, 6.07) is 10.7. The van der Waals surface area contributed by atoms with Gasteiger partial charge in [-0.25, -0.2) is 23.2 Å². The minimum absolute atomic E-state index is 0.00851. The summed E-state index contributed by atoms with van der Waals surface area (Å²) < 4.78 is 51.2.